The summed E-state index contributed by atoms with van der Waals surface area (Å²) in [6.07, 6.45) is 3.49. The van der Waals surface area contributed by atoms with E-state index < -0.39 is 0 Å². The number of benzene rings is 1. The number of aromatic nitrogens is 2. The van der Waals surface area contributed by atoms with Crippen molar-refractivity contribution in [1.29, 1.82) is 0 Å². The third kappa shape index (κ3) is 3.29. The van der Waals surface area contributed by atoms with E-state index in [4.69, 9.17) is 0 Å². The van der Waals surface area contributed by atoms with Crippen molar-refractivity contribution in [3.8, 4) is 17.0 Å². The van der Waals surface area contributed by atoms with Crippen LogP contribution in [0.5, 0.6) is 5.75 Å². The minimum absolute atomic E-state index is 0.227. The molecule has 0 unspecified atom stereocenters. The zero-order valence-electron chi connectivity index (χ0n) is 11.9. The fourth-order valence-electron chi connectivity index (χ4n) is 1.90. The van der Waals surface area contributed by atoms with Crippen molar-refractivity contribution in [2.45, 2.75) is 6.92 Å². The molecule has 6 heteroatoms. The Bertz CT molecular complexity index is 799. The number of thiazole rings is 1. The molecular weight excluding hydrogens is 296 g/mol. The van der Waals surface area contributed by atoms with Gasteiger partial charge in [0.2, 0.25) is 5.13 Å². The monoisotopic (exact) mass is 310 g/mol. The van der Waals surface area contributed by atoms with Gasteiger partial charge in [-0.05, 0) is 25.1 Å². The number of nitrogens with one attached hydrogen (secondary N) is 1. The van der Waals surface area contributed by atoms with E-state index >= 15 is 0 Å². The van der Waals surface area contributed by atoms with Crippen molar-refractivity contribution in [1.82, 2.24) is 9.97 Å². The number of aromatic hydroxyl groups is 1. The molecule has 1 aromatic carbocycles. The first-order valence-electron chi connectivity index (χ1n) is 6.68. The molecule has 110 valence electrons. The van der Waals surface area contributed by atoms with Gasteiger partial charge in [-0.3, -0.25) is 10.4 Å². The SMILES string of the molecule is C/C(=N\Nc1nc(-c2cccc(O)c2)cs1)c1cccnc1. The number of hydrogen-bond donors (Lipinski definition) is 2. The van der Waals surface area contributed by atoms with Crippen LogP contribution in [0.1, 0.15) is 12.5 Å². The Morgan fingerprint density at radius 1 is 1.27 bits per heavy atom. The Balaban J connectivity index is 1.75. The van der Waals surface area contributed by atoms with Crippen molar-refractivity contribution in [3.05, 3.63) is 59.7 Å². The Morgan fingerprint density at radius 3 is 2.95 bits per heavy atom. The average Bonchev–Trinajstić information content (AvgIpc) is 3.02. The van der Waals surface area contributed by atoms with E-state index in [-0.39, 0.29) is 5.75 Å². The second kappa shape index (κ2) is 6.36. The highest BCUT2D eigenvalue weighted by Crippen LogP contribution is 2.27. The van der Waals surface area contributed by atoms with Crippen LogP contribution < -0.4 is 5.43 Å². The summed E-state index contributed by atoms with van der Waals surface area (Å²) in [6.45, 7) is 1.91. The molecule has 5 nitrogen and oxygen atoms in total. The molecule has 0 spiro atoms. The minimum atomic E-state index is 0.227. The lowest BCUT2D eigenvalue weighted by Crippen LogP contribution is -1.99. The lowest BCUT2D eigenvalue weighted by molar-refractivity contribution is 0.475. The Labute approximate surface area is 132 Å². The highest BCUT2D eigenvalue weighted by atomic mass is 32.1. The molecule has 2 heterocycles. The van der Waals surface area contributed by atoms with Crippen molar-refractivity contribution in [2.75, 3.05) is 5.43 Å². The topological polar surface area (TPSA) is 70.4 Å². The first-order chi connectivity index (χ1) is 10.7. The first kappa shape index (κ1) is 14.2. The summed E-state index contributed by atoms with van der Waals surface area (Å²) in [6, 6.07) is 10.8. The second-order valence-electron chi connectivity index (χ2n) is 4.64. The zero-order valence-corrected chi connectivity index (χ0v) is 12.7. The molecular formula is C16H14N4OS. The summed E-state index contributed by atoms with van der Waals surface area (Å²) < 4.78 is 0. The second-order valence-corrected chi connectivity index (χ2v) is 5.50. The van der Waals surface area contributed by atoms with Crippen LogP contribution in [0.15, 0.2) is 59.3 Å². The predicted molar refractivity (Wildman–Crippen MR) is 89.3 cm³/mol. The highest BCUT2D eigenvalue weighted by Gasteiger charge is 2.05. The molecule has 0 amide bonds. The molecule has 0 bridgehead atoms. The molecule has 0 aliphatic heterocycles. The van der Waals surface area contributed by atoms with Crippen LogP contribution in [0.25, 0.3) is 11.3 Å². The lowest BCUT2D eigenvalue weighted by atomic mass is 10.2. The number of anilines is 1. The molecule has 3 rings (SSSR count). The molecule has 0 atom stereocenters. The van der Waals surface area contributed by atoms with Crippen molar-refractivity contribution in [3.63, 3.8) is 0 Å². The largest absolute Gasteiger partial charge is 0.508 e. The number of phenolic OH excluding ortho intramolecular Hbond substituents is 1. The van der Waals surface area contributed by atoms with Gasteiger partial charge in [0.25, 0.3) is 0 Å². The molecule has 22 heavy (non-hydrogen) atoms. The van der Waals surface area contributed by atoms with E-state index in [1.165, 1.54) is 11.3 Å². The Hall–Kier alpha value is -2.73. The van der Waals surface area contributed by atoms with Crippen LogP contribution in [-0.2, 0) is 0 Å². The van der Waals surface area contributed by atoms with E-state index in [0.29, 0.717) is 5.13 Å². The smallest absolute Gasteiger partial charge is 0.203 e. The van der Waals surface area contributed by atoms with Gasteiger partial charge in [-0.15, -0.1) is 11.3 Å². The molecule has 2 N–H and O–H groups in total. The van der Waals surface area contributed by atoms with Crippen molar-refractivity contribution >= 4 is 22.2 Å². The van der Waals surface area contributed by atoms with Gasteiger partial charge in [-0.2, -0.15) is 5.10 Å². The maximum atomic E-state index is 9.52. The van der Waals surface area contributed by atoms with Crippen molar-refractivity contribution in [2.24, 2.45) is 5.10 Å². The molecule has 2 aromatic heterocycles. The highest BCUT2D eigenvalue weighted by molar-refractivity contribution is 7.14. The summed E-state index contributed by atoms with van der Waals surface area (Å²) in [4.78, 5) is 8.53. The van der Waals surface area contributed by atoms with E-state index in [1.807, 2.05) is 30.5 Å². The quantitative estimate of drug-likeness (QED) is 0.569. The predicted octanol–water partition coefficient (Wildman–Crippen LogP) is 3.75. The minimum Gasteiger partial charge on any atom is -0.508 e. The standard InChI is InChI=1S/C16H14N4OS/c1-11(13-5-3-7-17-9-13)19-20-16-18-15(10-22-16)12-4-2-6-14(21)8-12/h2-10,21H,1H3,(H,18,20)/b19-11+. The Kier molecular flexibility index (Phi) is 4.11. The normalized spacial score (nSPS) is 11.4. The maximum absolute atomic E-state index is 9.52. The molecule has 0 fully saturated rings. The first-order valence-corrected chi connectivity index (χ1v) is 7.56. The number of hydrogen-bond acceptors (Lipinski definition) is 6. The van der Waals surface area contributed by atoms with E-state index in [1.54, 1.807) is 30.6 Å². The van der Waals surface area contributed by atoms with Gasteiger partial charge in [-0.1, -0.05) is 18.2 Å². The summed E-state index contributed by atoms with van der Waals surface area (Å²) >= 11 is 1.46. The fourth-order valence-corrected chi connectivity index (χ4v) is 2.56. The summed E-state index contributed by atoms with van der Waals surface area (Å²) in [5.41, 5.74) is 6.42. The van der Waals surface area contributed by atoms with Crippen LogP contribution >= 0.6 is 11.3 Å². The van der Waals surface area contributed by atoms with Crippen LogP contribution in [-0.4, -0.2) is 20.8 Å². The number of nitrogens with zero attached hydrogens (tertiary/aromatic N) is 3. The average molecular weight is 310 g/mol. The molecule has 0 aliphatic rings. The van der Waals surface area contributed by atoms with E-state index in [9.17, 15) is 5.11 Å². The van der Waals surface area contributed by atoms with Gasteiger partial charge in [-0.25, -0.2) is 4.98 Å². The molecule has 3 aromatic rings. The molecule has 0 saturated heterocycles. The van der Waals surface area contributed by atoms with E-state index in [0.717, 1.165) is 22.5 Å². The number of rotatable bonds is 4. The zero-order chi connectivity index (χ0) is 15.4. The molecule has 0 radical (unpaired) electrons. The van der Waals surface area contributed by atoms with Crippen molar-refractivity contribution < 1.29 is 5.11 Å². The Morgan fingerprint density at radius 2 is 2.18 bits per heavy atom. The van der Waals surface area contributed by atoms with Crippen LogP contribution in [0, 0.1) is 0 Å². The van der Waals surface area contributed by atoms with Gasteiger partial charge in [0.15, 0.2) is 0 Å². The summed E-state index contributed by atoms with van der Waals surface area (Å²) in [7, 11) is 0. The molecule has 0 saturated carbocycles. The van der Waals surface area contributed by atoms with Gasteiger partial charge < -0.3 is 5.11 Å². The fraction of sp³-hybridized carbons (Fsp3) is 0.0625. The van der Waals surface area contributed by atoms with Gasteiger partial charge in [0.1, 0.15) is 5.75 Å². The third-order valence-corrected chi connectivity index (χ3v) is 3.79. The van der Waals surface area contributed by atoms with Crippen LogP contribution in [0.2, 0.25) is 0 Å². The van der Waals surface area contributed by atoms with Gasteiger partial charge in [0, 0.05) is 28.9 Å². The summed E-state index contributed by atoms with van der Waals surface area (Å²) in [5, 5.41) is 16.4. The van der Waals surface area contributed by atoms with Crippen LogP contribution in [0.4, 0.5) is 5.13 Å². The number of phenols is 1. The summed E-state index contributed by atoms with van der Waals surface area (Å²) in [5.74, 6) is 0.227. The number of pyridine rings is 1. The lowest BCUT2D eigenvalue weighted by Gasteiger charge is -2.00. The molecule has 0 aliphatic carbocycles. The number of hydrazone groups is 1. The third-order valence-electron chi connectivity index (χ3n) is 3.04. The van der Waals surface area contributed by atoms with Gasteiger partial charge in [0.05, 0.1) is 11.4 Å². The van der Waals surface area contributed by atoms with Gasteiger partial charge >= 0.3 is 0 Å². The maximum Gasteiger partial charge on any atom is 0.203 e. The van der Waals surface area contributed by atoms with Crippen LogP contribution in [0.3, 0.4) is 0 Å². The van der Waals surface area contributed by atoms with E-state index in [2.05, 4.69) is 20.5 Å².